The maximum Gasteiger partial charge on any atom is 0.336 e. The Labute approximate surface area is 189 Å². The summed E-state index contributed by atoms with van der Waals surface area (Å²) in [6.07, 6.45) is 1.64. The number of furan rings is 1. The molecule has 6 nitrogen and oxygen atoms in total. The molecule has 1 amide bonds. The van der Waals surface area contributed by atoms with E-state index in [0.717, 1.165) is 5.56 Å². The van der Waals surface area contributed by atoms with Gasteiger partial charge in [0.1, 0.15) is 17.2 Å². The quantitative estimate of drug-likeness (QED) is 0.422. The Hall–Kier alpha value is -4.71. The van der Waals surface area contributed by atoms with Crippen molar-refractivity contribution in [2.75, 3.05) is 5.01 Å². The van der Waals surface area contributed by atoms with Gasteiger partial charge in [-0.25, -0.2) is 4.79 Å². The highest BCUT2D eigenvalue weighted by atomic mass is 16.4. The van der Waals surface area contributed by atoms with Crippen LogP contribution in [0.15, 0.2) is 112 Å². The lowest BCUT2D eigenvalue weighted by molar-refractivity contribution is -0.114. The minimum absolute atomic E-state index is 0.143. The molecule has 0 aliphatic carbocycles. The molecule has 6 heteroatoms. The first-order chi connectivity index (χ1) is 16.1. The van der Waals surface area contributed by atoms with E-state index in [-0.39, 0.29) is 11.5 Å². The Morgan fingerprint density at radius 3 is 2.24 bits per heavy atom. The second kappa shape index (κ2) is 8.43. The number of hydrazone groups is 1. The Kier molecular flexibility index (Phi) is 5.16. The first-order valence-corrected chi connectivity index (χ1v) is 10.3. The second-order valence-electron chi connectivity index (χ2n) is 7.38. The number of anilines is 1. The summed E-state index contributed by atoms with van der Waals surface area (Å²) in [5.74, 6) is -0.482. The average Bonchev–Trinajstić information content (AvgIpc) is 3.45. The van der Waals surface area contributed by atoms with Crippen LogP contribution >= 0.6 is 0 Å². The lowest BCUT2D eigenvalue weighted by atomic mass is 10.0. The molecule has 2 heterocycles. The van der Waals surface area contributed by atoms with Crippen molar-refractivity contribution in [3.8, 4) is 11.3 Å². The molecule has 0 saturated carbocycles. The Morgan fingerprint density at radius 2 is 1.52 bits per heavy atom. The molecule has 4 aromatic rings. The Balaban J connectivity index is 1.57. The average molecular weight is 434 g/mol. The molecular weight excluding hydrogens is 416 g/mol. The molecule has 5 rings (SSSR count). The third-order valence-electron chi connectivity index (χ3n) is 5.26. The zero-order valence-electron chi connectivity index (χ0n) is 17.4. The monoisotopic (exact) mass is 434 g/mol. The molecule has 160 valence electrons. The number of aromatic carboxylic acids is 1. The maximum absolute atomic E-state index is 13.3. The van der Waals surface area contributed by atoms with Crippen molar-refractivity contribution in [2.45, 2.75) is 0 Å². The van der Waals surface area contributed by atoms with E-state index in [1.165, 1.54) is 11.1 Å². The molecule has 33 heavy (non-hydrogen) atoms. The smallest absolute Gasteiger partial charge is 0.336 e. The molecule has 3 aromatic carbocycles. The molecule has 0 bridgehead atoms. The van der Waals surface area contributed by atoms with E-state index in [0.29, 0.717) is 34.1 Å². The minimum atomic E-state index is -1.04. The summed E-state index contributed by atoms with van der Waals surface area (Å²) in [4.78, 5) is 24.9. The lowest BCUT2D eigenvalue weighted by Crippen LogP contribution is -2.21. The predicted octanol–water partition coefficient (Wildman–Crippen LogP) is 5.48. The summed E-state index contributed by atoms with van der Waals surface area (Å²) in [7, 11) is 0. The Bertz CT molecular complexity index is 1400. The molecule has 1 aliphatic rings. The van der Waals surface area contributed by atoms with Crippen LogP contribution in [0.2, 0.25) is 0 Å². The summed E-state index contributed by atoms with van der Waals surface area (Å²) in [5, 5.41) is 15.5. The summed E-state index contributed by atoms with van der Waals surface area (Å²) in [5.41, 5.74) is 3.00. The summed E-state index contributed by atoms with van der Waals surface area (Å²) in [6, 6.07) is 28.7. The number of rotatable bonds is 5. The highest BCUT2D eigenvalue weighted by Crippen LogP contribution is 2.30. The van der Waals surface area contributed by atoms with Crippen molar-refractivity contribution in [3.63, 3.8) is 0 Å². The van der Waals surface area contributed by atoms with Gasteiger partial charge >= 0.3 is 5.97 Å². The van der Waals surface area contributed by atoms with E-state index in [1.54, 1.807) is 36.4 Å². The SMILES string of the molecule is O=C(O)c1ccccc1-c1ccc(/C=C2/C(=O)N(c3ccccc3)N=C2c2ccccc2)o1. The van der Waals surface area contributed by atoms with Crippen LogP contribution in [-0.4, -0.2) is 22.7 Å². The third-order valence-corrected chi connectivity index (χ3v) is 5.26. The van der Waals surface area contributed by atoms with Crippen molar-refractivity contribution in [1.82, 2.24) is 0 Å². The van der Waals surface area contributed by atoms with Gasteiger partial charge in [0.15, 0.2) is 0 Å². The van der Waals surface area contributed by atoms with Gasteiger partial charge in [0.05, 0.1) is 16.8 Å². The fourth-order valence-electron chi connectivity index (χ4n) is 3.70. The highest BCUT2D eigenvalue weighted by Gasteiger charge is 2.32. The number of hydrogen-bond donors (Lipinski definition) is 1. The van der Waals surface area contributed by atoms with Crippen molar-refractivity contribution < 1.29 is 19.1 Å². The molecule has 0 fully saturated rings. The van der Waals surface area contributed by atoms with Crippen LogP contribution in [0.1, 0.15) is 21.7 Å². The maximum atomic E-state index is 13.3. The van der Waals surface area contributed by atoms with Gasteiger partial charge < -0.3 is 9.52 Å². The third kappa shape index (κ3) is 3.85. The van der Waals surface area contributed by atoms with E-state index < -0.39 is 5.97 Å². The number of benzene rings is 3. The molecule has 0 radical (unpaired) electrons. The van der Waals surface area contributed by atoms with Gasteiger partial charge in [0.2, 0.25) is 0 Å². The number of carbonyl (C=O) groups excluding carboxylic acids is 1. The zero-order chi connectivity index (χ0) is 22.8. The molecule has 0 unspecified atom stereocenters. The fraction of sp³-hybridized carbons (Fsp3) is 0. The largest absolute Gasteiger partial charge is 0.478 e. The number of carboxylic acid groups (broad SMARTS) is 1. The normalized spacial score (nSPS) is 14.5. The van der Waals surface area contributed by atoms with Gasteiger partial charge in [-0.3, -0.25) is 4.79 Å². The van der Waals surface area contributed by atoms with Crippen LogP contribution in [0.25, 0.3) is 17.4 Å². The van der Waals surface area contributed by atoms with Crippen LogP contribution < -0.4 is 5.01 Å². The molecule has 0 saturated heterocycles. The van der Waals surface area contributed by atoms with Gasteiger partial charge in [0.25, 0.3) is 5.91 Å². The number of hydrogen-bond acceptors (Lipinski definition) is 4. The van der Waals surface area contributed by atoms with E-state index >= 15 is 0 Å². The fourth-order valence-corrected chi connectivity index (χ4v) is 3.70. The van der Waals surface area contributed by atoms with Crippen LogP contribution in [-0.2, 0) is 4.79 Å². The van der Waals surface area contributed by atoms with Gasteiger partial charge in [-0.1, -0.05) is 66.7 Å². The summed E-state index contributed by atoms with van der Waals surface area (Å²) < 4.78 is 5.93. The molecule has 1 N–H and O–H groups in total. The van der Waals surface area contributed by atoms with E-state index in [4.69, 9.17) is 4.42 Å². The van der Waals surface area contributed by atoms with E-state index in [2.05, 4.69) is 5.10 Å². The topological polar surface area (TPSA) is 83.1 Å². The number of nitrogens with zero attached hydrogens (tertiary/aromatic N) is 2. The zero-order valence-corrected chi connectivity index (χ0v) is 17.4. The summed E-state index contributed by atoms with van der Waals surface area (Å²) >= 11 is 0. The van der Waals surface area contributed by atoms with Gasteiger partial charge in [-0.2, -0.15) is 10.1 Å². The molecule has 1 aliphatic heterocycles. The van der Waals surface area contributed by atoms with E-state index in [1.807, 2.05) is 60.7 Å². The lowest BCUT2D eigenvalue weighted by Gasteiger charge is -2.10. The van der Waals surface area contributed by atoms with Crippen molar-refractivity contribution in [2.24, 2.45) is 5.10 Å². The molecule has 1 aromatic heterocycles. The number of carbonyl (C=O) groups is 2. The number of carboxylic acids is 1. The van der Waals surface area contributed by atoms with E-state index in [9.17, 15) is 14.7 Å². The van der Waals surface area contributed by atoms with Gasteiger partial charge in [0, 0.05) is 11.1 Å². The predicted molar refractivity (Wildman–Crippen MR) is 126 cm³/mol. The molecular formula is C27H18N2O4. The number of para-hydroxylation sites is 1. The number of amides is 1. The summed E-state index contributed by atoms with van der Waals surface area (Å²) in [6.45, 7) is 0. The van der Waals surface area contributed by atoms with Crippen LogP contribution in [0.4, 0.5) is 5.69 Å². The van der Waals surface area contributed by atoms with Crippen LogP contribution in [0.3, 0.4) is 0 Å². The standard InChI is InChI=1S/C27H18N2O4/c30-26-23(17-20-15-16-24(33-20)21-13-7-8-14-22(21)27(31)32)25(18-9-3-1-4-10-18)28-29(26)19-11-5-2-6-12-19/h1-17H,(H,31,32)/b23-17+. The van der Waals surface area contributed by atoms with Crippen molar-refractivity contribution >= 4 is 29.4 Å². The molecule has 0 spiro atoms. The van der Waals surface area contributed by atoms with Crippen molar-refractivity contribution in [3.05, 3.63) is 120 Å². The van der Waals surface area contributed by atoms with Crippen LogP contribution in [0, 0.1) is 0 Å². The van der Waals surface area contributed by atoms with Gasteiger partial charge in [-0.05, 0) is 36.4 Å². The minimum Gasteiger partial charge on any atom is -0.478 e. The first-order valence-electron chi connectivity index (χ1n) is 10.3. The van der Waals surface area contributed by atoms with Gasteiger partial charge in [-0.15, -0.1) is 0 Å². The first kappa shape index (κ1) is 20.2. The molecule has 0 atom stereocenters. The highest BCUT2D eigenvalue weighted by molar-refractivity contribution is 6.37. The second-order valence-corrected chi connectivity index (χ2v) is 7.38. The van der Waals surface area contributed by atoms with Crippen molar-refractivity contribution in [1.29, 1.82) is 0 Å². The Morgan fingerprint density at radius 1 is 0.848 bits per heavy atom. The van der Waals surface area contributed by atoms with Crippen LogP contribution in [0.5, 0.6) is 0 Å².